The van der Waals surface area contributed by atoms with E-state index in [4.69, 9.17) is 9.47 Å². The highest BCUT2D eigenvalue weighted by molar-refractivity contribution is 6.04. The van der Waals surface area contributed by atoms with E-state index in [1.54, 1.807) is 45.4 Å². The molecule has 0 aliphatic heterocycles. The number of allylic oxidation sites excluding steroid dienone is 2. The maximum atomic E-state index is 11.5. The van der Waals surface area contributed by atoms with Gasteiger partial charge in [0.25, 0.3) is 0 Å². The summed E-state index contributed by atoms with van der Waals surface area (Å²) in [6, 6.07) is 5.10. The van der Waals surface area contributed by atoms with Gasteiger partial charge < -0.3 is 9.47 Å². The van der Waals surface area contributed by atoms with Crippen molar-refractivity contribution in [3.63, 3.8) is 0 Å². The normalized spacial score (nSPS) is 10.3. The Balaban J connectivity index is 3.08. The van der Waals surface area contributed by atoms with E-state index in [0.717, 1.165) is 0 Å². The Morgan fingerprint density at radius 2 is 1.87 bits per heavy atom. The van der Waals surface area contributed by atoms with Crippen molar-refractivity contribution in [1.82, 2.24) is 0 Å². The van der Waals surface area contributed by atoms with Crippen LogP contribution >= 0.6 is 0 Å². The monoisotopic (exact) mass is 206 g/mol. The smallest absolute Gasteiger partial charge is 0.185 e. The molecule has 0 saturated heterocycles. The zero-order valence-electron chi connectivity index (χ0n) is 9.11. The largest absolute Gasteiger partial charge is 0.493 e. The van der Waals surface area contributed by atoms with Crippen molar-refractivity contribution in [2.24, 2.45) is 0 Å². The summed E-state index contributed by atoms with van der Waals surface area (Å²) in [5, 5.41) is 0. The van der Waals surface area contributed by atoms with E-state index in [2.05, 4.69) is 0 Å². The second kappa shape index (κ2) is 5.20. The molecule has 0 heterocycles. The van der Waals surface area contributed by atoms with Gasteiger partial charge in [-0.1, -0.05) is 6.08 Å². The number of rotatable bonds is 4. The fraction of sp³-hybridized carbons (Fsp3) is 0.250. The van der Waals surface area contributed by atoms with Gasteiger partial charge in [-0.05, 0) is 31.2 Å². The fourth-order valence-corrected chi connectivity index (χ4v) is 1.24. The Hall–Kier alpha value is -1.77. The Labute approximate surface area is 89.3 Å². The number of methoxy groups -OCH3 is 2. The lowest BCUT2D eigenvalue weighted by Crippen LogP contribution is -1.97. The van der Waals surface area contributed by atoms with Crippen LogP contribution in [0.3, 0.4) is 0 Å². The molecular formula is C12H14O3. The predicted molar refractivity (Wildman–Crippen MR) is 58.7 cm³/mol. The molecule has 0 aromatic heterocycles. The summed E-state index contributed by atoms with van der Waals surface area (Å²) in [5.74, 6) is 1.14. The third-order valence-corrected chi connectivity index (χ3v) is 1.99. The van der Waals surface area contributed by atoms with Gasteiger partial charge in [0.1, 0.15) is 0 Å². The zero-order valence-corrected chi connectivity index (χ0v) is 9.11. The van der Waals surface area contributed by atoms with E-state index in [9.17, 15) is 4.79 Å². The van der Waals surface area contributed by atoms with Crippen LogP contribution in [0.15, 0.2) is 30.4 Å². The van der Waals surface area contributed by atoms with Crippen molar-refractivity contribution in [3.05, 3.63) is 35.9 Å². The lowest BCUT2D eigenvalue weighted by atomic mass is 10.1. The Morgan fingerprint density at radius 3 is 2.40 bits per heavy atom. The van der Waals surface area contributed by atoms with E-state index in [-0.39, 0.29) is 5.78 Å². The molecule has 0 amide bonds. The van der Waals surface area contributed by atoms with Gasteiger partial charge in [0, 0.05) is 5.56 Å². The van der Waals surface area contributed by atoms with Gasteiger partial charge in [-0.2, -0.15) is 0 Å². The molecule has 80 valence electrons. The molecule has 0 unspecified atom stereocenters. The number of hydrogen-bond acceptors (Lipinski definition) is 3. The molecule has 3 heteroatoms. The molecule has 0 bridgehead atoms. The highest BCUT2D eigenvalue weighted by Crippen LogP contribution is 2.27. The molecule has 0 N–H and O–H groups in total. The van der Waals surface area contributed by atoms with Gasteiger partial charge in [-0.25, -0.2) is 0 Å². The predicted octanol–water partition coefficient (Wildman–Crippen LogP) is 2.46. The number of carbonyl (C=O) groups is 1. The van der Waals surface area contributed by atoms with E-state index >= 15 is 0 Å². The Bertz CT molecular complexity index is 380. The first-order chi connectivity index (χ1) is 7.22. The molecule has 1 aromatic rings. The van der Waals surface area contributed by atoms with Gasteiger partial charge >= 0.3 is 0 Å². The summed E-state index contributed by atoms with van der Waals surface area (Å²) in [5.41, 5.74) is 0.589. The van der Waals surface area contributed by atoms with Crippen LogP contribution in [0.2, 0.25) is 0 Å². The molecule has 1 aromatic carbocycles. The maximum Gasteiger partial charge on any atom is 0.185 e. The molecular weight excluding hydrogens is 192 g/mol. The van der Waals surface area contributed by atoms with E-state index in [1.165, 1.54) is 6.08 Å². The number of ether oxygens (including phenoxy) is 2. The number of benzene rings is 1. The third-order valence-electron chi connectivity index (χ3n) is 1.99. The molecule has 0 aliphatic carbocycles. The summed E-state index contributed by atoms with van der Waals surface area (Å²) in [6.07, 6.45) is 3.22. The van der Waals surface area contributed by atoms with Gasteiger partial charge in [-0.15, -0.1) is 0 Å². The first-order valence-corrected chi connectivity index (χ1v) is 4.62. The highest BCUT2D eigenvalue weighted by Gasteiger charge is 2.07. The molecule has 0 atom stereocenters. The lowest BCUT2D eigenvalue weighted by molar-refractivity contribution is 0.104. The van der Waals surface area contributed by atoms with Crippen molar-refractivity contribution >= 4 is 5.78 Å². The van der Waals surface area contributed by atoms with E-state index in [0.29, 0.717) is 17.1 Å². The van der Waals surface area contributed by atoms with Crippen LogP contribution in [0.4, 0.5) is 0 Å². The maximum absolute atomic E-state index is 11.5. The molecule has 0 spiro atoms. The molecule has 0 fully saturated rings. The summed E-state index contributed by atoms with van der Waals surface area (Å²) >= 11 is 0. The Kier molecular flexibility index (Phi) is 3.92. The first-order valence-electron chi connectivity index (χ1n) is 4.62. The van der Waals surface area contributed by atoms with Gasteiger partial charge in [0.15, 0.2) is 17.3 Å². The molecule has 15 heavy (non-hydrogen) atoms. The second-order valence-electron chi connectivity index (χ2n) is 2.93. The average Bonchev–Trinajstić information content (AvgIpc) is 2.28. The number of ketones is 1. The second-order valence-corrected chi connectivity index (χ2v) is 2.93. The minimum Gasteiger partial charge on any atom is -0.493 e. The van der Waals surface area contributed by atoms with Crippen molar-refractivity contribution in [1.29, 1.82) is 0 Å². The fourth-order valence-electron chi connectivity index (χ4n) is 1.24. The molecule has 0 radical (unpaired) electrons. The topological polar surface area (TPSA) is 35.5 Å². The van der Waals surface area contributed by atoms with Crippen LogP contribution in [0.1, 0.15) is 17.3 Å². The summed E-state index contributed by atoms with van der Waals surface area (Å²) in [4.78, 5) is 11.5. The van der Waals surface area contributed by atoms with Crippen LogP contribution in [-0.2, 0) is 0 Å². The lowest BCUT2D eigenvalue weighted by Gasteiger charge is -2.07. The van der Waals surface area contributed by atoms with Crippen LogP contribution in [0.25, 0.3) is 0 Å². The first kappa shape index (κ1) is 11.3. The van der Waals surface area contributed by atoms with Crippen molar-refractivity contribution in [2.45, 2.75) is 6.92 Å². The minimum atomic E-state index is -0.0431. The SMILES string of the molecule is CC=CC(=O)c1ccc(OC)c(OC)c1. The van der Waals surface area contributed by atoms with Gasteiger partial charge in [-0.3, -0.25) is 4.79 Å². The minimum absolute atomic E-state index is 0.0431. The summed E-state index contributed by atoms with van der Waals surface area (Å²) in [6.45, 7) is 1.80. The van der Waals surface area contributed by atoms with Gasteiger partial charge in [0.2, 0.25) is 0 Å². The van der Waals surface area contributed by atoms with Crippen molar-refractivity contribution in [3.8, 4) is 11.5 Å². The molecule has 3 nitrogen and oxygen atoms in total. The van der Waals surface area contributed by atoms with E-state index in [1.807, 2.05) is 0 Å². The Morgan fingerprint density at radius 1 is 1.20 bits per heavy atom. The van der Waals surface area contributed by atoms with E-state index < -0.39 is 0 Å². The van der Waals surface area contributed by atoms with Gasteiger partial charge in [0.05, 0.1) is 14.2 Å². The van der Waals surface area contributed by atoms with Crippen molar-refractivity contribution in [2.75, 3.05) is 14.2 Å². The zero-order chi connectivity index (χ0) is 11.3. The standard InChI is InChI=1S/C12H14O3/c1-4-5-10(13)9-6-7-11(14-2)12(8-9)15-3/h4-8H,1-3H3. The number of hydrogen-bond donors (Lipinski definition) is 0. The molecule has 0 saturated carbocycles. The van der Waals surface area contributed by atoms with Crippen LogP contribution in [0, 0.1) is 0 Å². The summed E-state index contributed by atoms with van der Waals surface area (Å²) < 4.78 is 10.2. The number of carbonyl (C=O) groups excluding carboxylic acids is 1. The molecule has 0 aliphatic rings. The van der Waals surface area contributed by atoms with Crippen molar-refractivity contribution < 1.29 is 14.3 Å². The average molecular weight is 206 g/mol. The quantitative estimate of drug-likeness (QED) is 0.560. The molecule has 1 rings (SSSR count). The van der Waals surface area contributed by atoms with Crippen LogP contribution < -0.4 is 9.47 Å². The highest BCUT2D eigenvalue weighted by atomic mass is 16.5. The third kappa shape index (κ3) is 2.59. The van der Waals surface area contributed by atoms with Crippen LogP contribution in [-0.4, -0.2) is 20.0 Å². The van der Waals surface area contributed by atoms with Crippen LogP contribution in [0.5, 0.6) is 11.5 Å². The summed E-state index contributed by atoms with van der Waals surface area (Å²) in [7, 11) is 3.10.